The van der Waals surface area contributed by atoms with E-state index in [4.69, 9.17) is 5.11 Å². The van der Waals surface area contributed by atoms with Crippen LogP contribution >= 0.6 is 0 Å². The summed E-state index contributed by atoms with van der Waals surface area (Å²) in [7, 11) is 0. The van der Waals surface area contributed by atoms with Gasteiger partial charge in [-0.3, -0.25) is 9.69 Å². The summed E-state index contributed by atoms with van der Waals surface area (Å²) in [5, 5.41) is 13.1. The van der Waals surface area contributed by atoms with Gasteiger partial charge < -0.3 is 10.4 Å². The van der Waals surface area contributed by atoms with Crippen molar-refractivity contribution >= 4 is 22.4 Å². The number of nitrogens with one attached hydrogen (secondary N) is 1. The third kappa shape index (κ3) is 5.20. The van der Waals surface area contributed by atoms with E-state index in [1.165, 1.54) is 0 Å². The lowest BCUT2D eigenvalue weighted by Crippen LogP contribution is -2.35. The number of carbonyl (C=O) groups is 1. The summed E-state index contributed by atoms with van der Waals surface area (Å²) in [6.07, 6.45) is 0.650. The van der Waals surface area contributed by atoms with Crippen LogP contribution in [0.25, 0.3) is 10.8 Å². The molecule has 2 aliphatic rings. The quantitative estimate of drug-likeness (QED) is 0.576. The second-order valence-electron chi connectivity index (χ2n) is 9.53. The second kappa shape index (κ2) is 9.30. The van der Waals surface area contributed by atoms with Crippen LogP contribution in [-0.2, 0) is 17.5 Å². The van der Waals surface area contributed by atoms with Crippen LogP contribution in [0.1, 0.15) is 56.6 Å². The van der Waals surface area contributed by atoms with Crippen molar-refractivity contribution < 1.29 is 23.1 Å². The van der Waals surface area contributed by atoms with Crippen LogP contribution in [0.15, 0.2) is 30.3 Å². The number of carboxylic acids is 1. The first-order valence-corrected chi connectivity index (χ1v) is 11.5. The zero-order chi connectivity index (χ0) is 22.9. The number of likely N-dealkylation sites (tertiary alicyclic amines) is 1. The smallest absolute Gasteiger partial charge is 0.418 e. The van der Waals surface area contributed by atoms with Crippen molar-refractivity contribution in [2.75, 3.05) is 18.4 Å². The first-order chi connectivity index (χ1) is 15.2. The topological polar surface area (TPSA) is 52.6 Å². The Kier molecular flexibility index (Phi) is 6.65. The first kappa shape index (κ1) is 22.9. The van der Waals surface area contributed by atoms with Crippen molar-refractivity contribution in [1.29, 1.82) is 0 Å². The molecule has 0 amide bonds. The van der Waals surface area contributed by atoms with E-state index in [0.29, 0.717) is 43.8 Å². The molecular formula is C25H31F3N2O2. The molecule has 2 aromatic rings. The Labute approximate surface area is 186 Å². The number of carboxylic acid groups (broad SMARTS) is 1. The van der Waals surface area contributed by atoms with Crippen LogP contribution in [0.4, 0.5) is 18.9 Å². The molecule has 7 heteroatoms. The molecule has 4 nitrogen and oxygen atoms in total. The van der Waals surface area contributed by atoms with Crippen molar-refractivity contribution in [2.45, 2.75) is 64.2 Å². The minimum absolute atomic E-state index is 0.0813. The molecule has 2 aromatic carbocycles. The minimum atomic E-state index is -4.44. The van der Waals surface area contributed by atoms with Crippen LogP contribution in [0, 0.1) is 11.8 Å². The maximum Gasteiger partial charge on any atom is 0.418 e. The number of hydrogen-bond donors (Lipinski definition) is 2. The van der Waals surface area contributed by atoms with E-state index < -0.39 is 17.7 Å². The van der Waals surface area contributed by atoms with E-state index >= 15 is 0 Å². The van der Waals surface area contributed by atoms with Gasteiger partial charge in [0.05, 0.1) is 11.5 Å². The predicted octanol–water partition coefficient (Wildman–Crippen LogP) is 6.15. The van der Waals surface area contributed by atoms with Crippen molar-refractivity contribution in [3.63, 3.8) is 0 Å². The zero-order valence-corrected chi connectivity index (χ0v) is 18.4. The number of halogens is 3. The fourth-order valence-corrected chi connectivity index (χ4v) is 5.12. The summed E-state index contributed by atoms with van der Waals surface area (Å²) in [5.41, 5.74) is 0.539. The molecule has 0 aromatic heterocycles. The standard InChI is InChI=1S/C25H31F3N2O2/c1-16-2-6-20(7-3-16)29-22-9-5-19-14-17(4-8-21(19)23(22)25(26,27)28)15-30-12-10-18(11-13-30)24(31)32/h4-5,8-9,14,16,18,20,29H,2-3,6-7,10-13,15H2,1H3,(H,31,32). The molecule has 4 rings (SSSR count). The van der Waals surface area contributed by atoms with E-state index in [-0.39, 0.29) is 23.0 Å². The van der Waals surface area contributed by atoms with Gasteiger partial charge in [-0.05, 0) is 86.0 Å². The van der Waals surface area contributed by atoms with Gasteiger partial charge in [0.15, 0.2) is 0 Å². The fraction of sp³-hybridized carbons (Fsp3) is 0.560. The van der Waals surface area contributed by atoms with Gasteiger partial charge in [0.2, 0.25) is 0 Å². The van der Waals surface area contributed by atoms with Gasteiger partial charge in [-0.2, -0.15) is 13.2 Å². The van der Waals surface area contributed by atoms with Gasteiger partial charge in [0.1, 0.15) is 0 Å². The Hall–Kier alpha value is -2.28. The lowest BCUT2D eigenvalue weighted by atomic mass is 9.87. The average Bonchev–Trinajstić information content (AvgIpc) is 2.75. The maximum atomic E-state index is 14.1. The maximum absolute atomic E-state index is 14.1. The summed E-state index contributed by atoms with van der Waals surface area (Å²) >= 11 is 0. The summed E-state index contributed by atoms with van der Waals surface area (Å²) < 4.78 is 42.2. The van der Waals surface area contributed by atoms with E-state index in [9.17, 15) is 18.0 Å². The molecule has 0 atom stereocenters. The zero-order valence-electron chi connectivity index (χ0n) is 18.4. The molecule has 2 fully saturated rings. The van der Waals surface area contributed by atoms with Crippen molar-refractivity contribution in [1.82, 2.24) is 4.90 Å². The van der Waals surface area contributed by atoms with E-state index in [0.717, 1.165) is 31.2 Å². The molecule has 174 valence electrons. The molecule has 32 heavy (non-hydrogen) atoms. The molecule has 1 aliphatic carbocycles. The van der Waals surface area contributed by atoms with Crippen LogP contribution in [0.3, 0.4) is 0 Å². The van der Waals surface area contributed by atoms with Gasteiger partial charge in [-0.1, -0.05) is 25.1 Å². The number of fused-ring (bicyclic) bond motifs is 1. The molecule has 1 heterocycles. The Morgan fingerprint density at radius 3 is 2.38 bits per heavy atom. The molecular weight excluding hydrogens is 417 g/mol. The van der Waals surface area contributed by atoms with Crippen LogP contribution in [-0.4, -0.2) is 35.1 Å². The van der Waals surface area contributed by atoms with Gasteiger partial charge >= 0.3 is 12.1 Å². The number of rotatable bonds is 5. The van der Waals surface area contributed by atoms with E-state index in [2.05, 4.69) is 17.1 Å². The summed E-state index contributed by atoms with van der Waals surface area (Å²) in [6, 6.07) is 8.63. The number of aliphatic carboxylic acids is 1. The number of benzene rings is 2. The second-order valence-corrected chi connectivity index (χ2v) is 9.53. The number of piperidine rings is 1. The third-order valence-electron chi connectivity index (χ3n) is 7.09. The first-order valence-electron chi connectivity index (χ1n) is 11.5. The van der Waals surface area contributed by atoms with Gasteiger partial charge in [-0.25, -0.2) is 0 Å². The third-order valence-corrected chi connectivity index (χ3v) is 7.09. The molecule has 2 N–H and O–H groups in total. The molecule has 0 radical (unpaired) electrons. The molecule has 1 saturated carbocycles. The van der Waals surface area contributed by atoms with Crippen LogP contribution in [0.5, 0.6) is 0 Å². The number of alkyl halides is 3. The average molecular weight is 449 g/mol. The largest absolute Gasteiger partial charge is 0.481 e. The highest BCUT2D eigenvalue weighted by Gasteiger charge is 2.36. The SMILES string of the molecule is CC1CCC(Nc2ccc3cc(CN4CCC(C(=O)O)CC4)ccc3c2C(F)(F)F)CC1. The molecule has 0 unspecified atom stereocenters. The predicted molar refractivity (Wildman–Crippen MR) is 120 cm³/mol. The highest BCUT2D eigenvalue weighted by atomic mass is 19.4. The number of nitrogens with zero attached hydrogens (tertiary/aromatic N) is 1. The lowest BCUT2D eigenvalue weighted by molar-refractivity contribution is -0.143. The molecule has 1 saturated heterocycles. The molecule has 0 spiro atoms. The van der Waals surface area contributed by atoms with Crippen molar-refractivity contribution in [3.05, 3.63) is 41.5 Å². The van der Waals surface area contributed by atoms with Crippen molar-refractivity contribution in [3.8, 4) is 0 Å². The van der Waals surface area contributed by atoms with Crippen LogP contribution in [0.2, 0.25) is 0 Å². The van der Waals surface area contributed by atoms with Gasteiger partial charge in [0.25, 0.3) is 0 Å². The summed E-state index contributed by atoms with van der Waals surface area (Å²) in [5.74, 6) is -0.405. The highest BCUT2D eigenvalue weighted by molar-refractivity contribution is 5.91. The van der Waals surface area contributed by atoms with Crippen LogP contribution < -0.4 is 5.32 Å². The Balaban J connectivity index is 1.54. The Morgan fingerprint density at radius 1 is 1.06 bits per heavy atom. The Morgan fingerprint density at radius 2 is 1.75 bits per heavy atom. The summed E-state index contributed by atoms with van der Waals surface area (Å²) in [4.78, 5) is 13.3. The Bertz CT molecular complexity index is 960. The highest BCUT2D eigenvalue weighted by Crippen LogP contribution is 2.41. The van der Waals surface area contributed by atoms with E-state index in [1.54, 1.807) is 24.3 Å². The van der Waals surface area contributed by atoms with Gasteiger partial charge in [0, 0.05) is 18.3 Å². The summed E-state index contributed by atoms with van der Waals surface area (Å²) in [6.45, 7) is 4.18. The normalized spacial score (nSPS) is 23.4. The lowest BCUT2D eigenvalue weighted by Gasteiger charge is -2.30. The number of anilines is 1. The van der Waals surface area contributed by atoms with Crippen molar-refractivity contribution in [2.24, 2.45) is 11.8 Å². The monoisotopic (exact) mass is 448 g/mol. The van der Waals surface area contributed by atoms with E-state index in [1.807, 2.05) is 6.07 Å². The molecule has 1 aliphatic heterocycles. The van der Waals surface area contributed by atoms with Gasteiger partial charge in [-0.15, -0.1) is 0 Å². The number of hydrogen-bond acceptors (Lipinski definition) is 3. The fourth-order valence-electron chi connectivity index (χ4n) is 5.12. The minimum Gasteiger partial charge on any atom is -0.481 e. The molecule has 0 bridgehead atoms.